The lowest BCUT2D eigenvalue weighted by Gasteiger charge is -2.38. The molecule has 6 aliphatic rings. The minimum Gasteiger partial charge on any atom is -0.290 e. The number of Topliss-reactive ketones (excluding diaryl/α,β-unsaturated/α-hetero) is 4. The van der Waals surface area contributed by atoms with E-state index in [0.29, 0.717) is 0 Å². The van der Waals surface area contributed by atoms with E-state index in [-0.39, 0.29) is 23.1 Å². The summed E-state index contributed by atoms with van der Waals surface area (Å²) in [5, 5.41) is 3.96. The van der Waals surface area contributed by atoms with E-state index < -0.39 is 23.7 Å². The monoisotopic (exact) mass is 490 g/mol. The molecule has 0 N–H and O–H groups in total. The molecule has 0 aliphatic heterocycles. The molecule has 4 atom stereocenters. The SMILES string of the molecule is O=C1C(=O)[C@H]2c3ccccc3[C@@H]1c1cc3cc4cc5c(cc4cc3cc12)[C@H]1C(=O)C(=O)[C@@H]5c2ccccc21. The van der Waals surface area contributed by atoms with Gasteiger partial charge >= 0.3 is 0 Å². The molecule has 0 spiro atoms. The first-order chi connectivity index (χ1) is 18.5. The minimum absolute atomic E-state index is 0.326. The predicted octanol–water partition coefficient (Wildman–Crippen LogP) is 5.45. The van der Waals surface area contributed by atoms with E-state index in [2.05, 4.69) is 36.4 Å². The van der Waals surface area contributed by atoms with Gasteiger partial charge in [0.2, 0.25) is 23.1 Å². The van der Waals surface area contributed by atoms with Crippen molar-refractivity contribution in [1.29, 1.82) is 0 Å². The Kier molecular flexibility index (Phi) is 3.53. The third-order valence-corrected chi connectivity index (χ3v) is 9.21. The average Bonchev–Trinajstić information content (AvgIpc) is 2.93. The van der Waals surface area contributed by atoms with Gasteiger partial charge in [0, 0.05) is 0 Å². The highest BCUT2D eigenvalue weighted by Crippen LogP contribution is 2.52. The maximum atomic E-state index is 13.0. The third kappa shape index (κ3) is 2.24. The average molecular weight is 491 g/mol. The fraction of sp³-hybridized carbons (Fsp3) is 0.118. The second kappa shape index (κ2) is 6.59. The van der Waals surface area contributed by atoms with Crippen molar-refractivity contribution in [1.82, 2.24) is 0 Å². The Balaban J connectivity index is 1.29. The van der Waals surface area contributed by atoms with Crippen LogP contribution in [0, 0.1) is 0 Å². The molecule has 6 aliphatic carbocycles. The van der Waals surface area contributed by atoms with Crippen LogP contribution in [0.5, 0.6) is 0 Å². The van der Waals surface area contributed by atoms with E-state index in [1.807, 2.05) is 48.5 Å². The normalized spacial score (nSPS) is 24.0. The van der Waals surface area contributed by atoms with E-state index in [4.69, 9.17) is 0 Å². The van der Waals surface area contributed by atoms with E-state index >= 15 is 0 Å². The molecular formula is C34H18O4. The van der Waals surface area contributed by atoms with Gasteiger partial charge in [-0.25, -0.2) is 0 Å². The van der Waals surface area contributed by atoms with Gasteiger partial charge in [0.05, 0.1) is 23.7 Å². The Morgan fingerprint density at radius 2 is 0.553 bits per heavy atom. The van der Waals surface area contributed by atoms with Crippen molar-refractivity contribution in [2.75, 3.05) is 0 Å². The Morgan fingerprint density at radius 1 is 0.316 bits per heavy atom. The zero-order valence-corrected chi connectivity index (χ0v) is 20.0. The number of hydrogen-bond acceptors (Lipinski definition) is 4. The minimum atomic E-state index is -0.557. The highest BCUT2D eigenvalue weighted by Gasteiger charge is 2.50. The van der Waals surface area contributed by atoms with Crippen LogP contribution in [-0.2, 0) is 19.2 Å². The molecule has 0 heterocycles. The van der Waals surface area contributed by atoms with Crippen LogP contribution in [0.3, 0.4) is 0 Å². The van der Waals surface area contributed by atoms with Crippen LogP contribution in [0.2, 0.25) is 0 Å². The first-order valence-electron chi connectivity index (χ1n) is 12.9. The summed E-state index contributed by atoms with van der Waals surface area (Å²) >= 11 is 0. The van der Waals surface area contributed by atoms with Crippen LogP contribution in [0.15, 0.2) is 84.9 Å². The molecule has 178 valence electrons. The molecule has 0 unspecified atom stereocenters. The summed E-state index contributed by atoms with van der Waals surface area (Å²) in [6.07, 6.45) is 0. The molecule has 0 aromatic heterocycles. The number of ketones is 4. The smallest absolute Gasteiger partial charge is 0.211 e. The molecule has 4 heteroatoms. The van der Waals surface area contributed by atoms with E-state index in [1.54, 1.807) is 0 Å². The predicted molar refractivity (Wildman–Crippen MR) is 142 cm³/mol. The molecule has 5 aromatic rings. The molecule has 38 heavy (non-hydrogen) atoms. The molecule has 4 nitrogen and oxygen atoms in total. The van der Waals surface area contributed by atoms with E-state index in [9.17, 15) is 19.2 Å². The first kappa shape index (κ1) is 20.4. The van der Waals surface area contributed by atoms with Crippen molar-refractivity contribution in [3.8, 4) is 0 Å². The fourth-order valence-corrected chi connectivity index (χ4v) is 7.61. The van der Waals surface area contributed by atoms with Crippen molar-refractivity contribution >= 4 is 44.7 Å². The number of hydrogen-bond donors (Lipinski definition) is 0. The lowest BCUT2D eigenvalue weighted by molar-refractivity contribution is -0.138. The number of rotatable bonds is 0. The van der Waals surface area contributed by atoms with E-state index in [1.165, 1.54) is 0 Å². The Labute approximate surface area is 216 Å². The lowest BCUT2D eigenvalue weighted by atomic mass is 9.62. The van der Waals surface area contributed by atoms with Crippen molar-refractivity contribution in [3.05, 3.63) is 129 Å². The largest absolute Gasteiger partial charge is 0.290 e. The molecule has 0 amide bonds. The zero-order valence-electron chi connectivity index (χ0n) is 20.0. The summed E-state index contributed by atoms with van der Waals surface area (Å²) in [5.41, 5.74) is 7.38. The summed E-state index contributed by atoms with van der Waals surface area (Å²) in [6.45, 7) is 0. The van der Waals surface area contributed by atoms with Crippen LogP contribution in [0.1, 0.15) is 68.2 Å². The van der Waals surface area contributed by atoms with Gasteiger partial charge in [-0.3, -0.25) is 19.2 Å². The van der Waals surface area contributed by atoms with Crippen LogP contribution in [0.25, 0.3) is 21.5 Å². The van der Waals surface area contributed by atoms with Crippen LogP contribution in [-0.4, -0.2) is 23.1 Å². The molecule has 11 rings (SSSR count). The van der Waals surface area contributed by atoms with Gasteiger partial charge in [-0.2, -0.15) is 0 Å². The summed E-state index contributed by atoms with van der Waals surface area (Å²) in [4.78, 5) is 52.2. The molecule has 0 fully saturated rings. The van der Waals surface area contributed by atoms with Crippen LogP contribution >= 0.6 is 0 Å². The Morgan fingerprint density at radius 3 is 0.789 bits per heavy atom. The molecular weight excluding hydrogens is 472 g/mol. The highest BCUT2D eigenvalue weighted by atomic mass is 16.2. The zero-order chi connectivity index (χ0) is 25.4. The van der Waals surface area contributed by atoms with Crippen molar-refractivity contribution in [3.63, 3.8) is 0 Å². The summed E-state index contributed by atoms with van der Waals surface area (Å²) in [5.74, 6) is -3.53. The molecule has 0 saturated heterocycles. The van der Waals surface area contributed by atoms with Gasteiger partial charge in [0.25, 0.3) is 0 Å². The van der Waals surface area contributed by atoms with Gasteiger partial charge in [-0.15, -0.1) is 0 Å². The number of benzene rings is 5. The van der Waals surface area contributed by atoms with Crippen molar-refractivity contribution < 1.29 is 19.2 Å². The number of fused-ring (bicyclic) bond motifs is 4. The lowest BCUT2D eigenvalue weighted by Crippen LogP contribution is -2.40. The quantitative estimate of drug-likeness (QED) is 0.214. The summed E-state index contributed by atoms with van der Waals surface area (Å²) in [7, 11) is 0. The topological polar surface area (TPSA) is 68.3 Å². The number of carbonyl (C=O) groups excluding carboxylic acids is 4. The standard InChI is InChI=1S/C34H18O4/c35-31-27-19-5-1-2-6-20(19)28(32(31)36)24-12-16-10-18-14-26-25(13-17(18)9-15(16)11-23(24)27)29-21-7-3-4-8-22(21)30(26)34(38)33(29)37/h1-14,27-30H/t27-,28+,29-,30+. The second-order valence-electron chi connectivity index (χ2n) is 11.0. The van der Waals surface area contributed by atoms with Crippen molar-refractivity contribution in [2.24, 2.45) is 0 Å². The van der Waals surface area contributed by atoms with Gasteiger partial charge in [0.1, 0.15) is 0 Å². The third-order valence-electron chi connectivity index (χ3n) is 9.21. The highest BCUT2D eigenvalue weighted by molar-refractivity contribution is 6.46. The summed E-state index contributed by atoms with van der Waals surface area (Å²) in [6, 6.07) is 28.0. The van der Waals surface area contributed by atoms with Gasteiger partial charge in [-0.05, 0) is 102 Å². The Bertz CT molecular complexity index is 1740. The first-order valence-corrected chi connectivity index (χ1v) is 12.9. The molecule has 5 aromatic carbocycles. The Hall–Kier alpha value is -4.70. The maximum Gasteiger partial charge on any atom is 0.211 e. The van der Waals surface area contributed by atoms with Crippen LogP contribution in [0.4, 0.5) is 0 Å². The van der Waals surface area contributed by atoms with E-state index in [0.717, 1.165) is 66.1 Å². The summed E-state index contributed by atoms with van der Waals surface area (Å²) < 4.78 is 0. The maximum absolute atomic E-state index is 13.0. The van der Waals surface area contributed by atoms with Crippen LogP contribution < -0.4 is 0 Å². The van der Waals surface area contributed by atoms with Gasteiger partial charge in [-0.1, -0.05) is 48.5 Å². The van der Waals surface area contributed by atoms with Gasteiger partial charge < -0.3 is 0 Å². The molecule has 0 radical (unpaired) electrons. The van der Waals surface area contributed by atoms with Gasteiger partial charge in [0.15, 0.2) is 0 Å². The number of carbonyl (C=O) groups is 4. The fourth-order valence-electron chi connectivity index (χ4n) is 7.61. The molecule has 0 saturated carbocycles. The molecule has 4 bridgehead atoms. The second-order valence-corrected chi connectivity index (χ2v) is 11.0. The van der Waals surface area contributed by atoms with Crippen molar-refractivity contribution in [2.45, 2.75) is 23.7 Å².